The average molecular weight is 382 g/mol. The minimum Gasteiger partial charge on any atom is -0.457 e. The molecule has 1 N–H and O–H groups in total. The molecule has 0 radical (unpaired) electrons. The summed E-state index contributed by atoms with van der Waals surface area (Å²) >= 11 is 0. The number of furan rings is 1. The van der Waals surface area contributed by atoms with E-state index in [0.717, 1.165) is 23.1 Å². The third-order valence-electron chi connectivity index (χ3n) is 3.81. The van der Waals surface area contributed by atoms with E-state index in [1.165, 1.54) is 25.3 Å². The minimum absolute atomic E-state index is 0.0773. The zero-order chi connectivity index (χ0) is 19.8. The van der Waals surface area contributed by atoms with Crippen molar-refractivity contribution in [3.05, 3.63) is 47.9 Å². The number of alkyl halides is 3. The summed E-state index contributed by atoms with van der Waals surface area (Å²) < 4.78 is 48.4. The molecule has 142 valence electrons. The number of fused-ring (bicyclic) bond motifs is 1. The van der Waals surface area contributed by atoms with Gasteiger partial charge >= 0.3 is 12.1 Å². The van der Waals surface area contributed by atoms with E-state index in [-0.39, 0.29) is 17.1 Å². The fourth-order valence-corrected chi connectivity index (χ4v) is 2.55. The van der Waals surface area contributed by atoms with E-state index in [4.69, 9.17) is 9.15 Å². The monoisotopic (exact) mass is 382 g/mol. The molecule has 0 bridgehead atoms. The molecule has 1 aliphatic heterocycles. The fraction of sp³-hybridized carbons (Fsp3) is 0.235. The van der Waals surface area contributed by atoms with Gasteiger partial charge in [0.25, 0.3) is 5.91 Å². The fourth-order valence-electron chi connectivity index (χ4n) is 2.55. The Morgan fingerprint density at radius 2 is 2.04 bits per heavy atom. The Morgan fingerprint density at radius 1 is 1.30 bits per heavy atom. The van der Waals surface area contributed by atoms with Crippen LogP contribution < -0.4 is 10.2 Å². The second kappa shape index (κ2) is 6.78. The Kier molecular flexibility index (Phi) is 4.64. The quantitative estimate of drug-likeness (QED) is 0.825. The number of nitrogens with one attached hydrogen (secondary N) is 1. The van der Waals surface area contributed by atoms with Gasteiger partial charge < -0.3 is 14.5 Å². The van der Waals surface area contributed by atoms with Crippen LogP contribution in [0, 0.1) is 0 Å². The molecule has 2 amide bonds. The van der Waals surface area contributed by atoms with E-state index in [0.29, 0.717) is 0 Å². The lowest BCUT2D eigenvalue weighted by Gasteiger charge is -2.31. The van der Waals surface area contributed by atoms with Crippen molar-refractivity contribution in [2.75, 3.05) is 16.8 Å². The van der Waals surface area contributed by atoms with Gasteiger partial charge in [-0.05, 0) is 37.3 Å². The first-order valence-corrected chi connectivity index (χ1v) is 7.74. The van der Waals surface area contributed by atoms with Crippen molar-refractivity contribution < 1.29 is 36.7 Å². The molecule has 0 aliphatic carbocycles. The molecule has 1 aromatic heterocycles. The Hall–Kier alpha value is -3.30. The van der Waals surface area contributed by atoms with Gasteiger partial charge in [0.1, 0.15) is 6.54 Å². The number of hydrogen-bond donors (Lipinski definition) is 1. The second-order valence-corrected chi connectivity index (χ2v) is 5.73. The van der Waals surface area contributed by atoms with E-state index in [9.17, 15) is 27.6 Å². The third kappa shape index (κ3) is 3.78. The Balaban J connectivity index is 1.83. The lowest BCUT2D eigenvalue weighted by molar-refractivity contribution is -0.137. The number of rotatable bonds is 3. The zero-order valence-electron chi connectivity index (χ0n) is 13.9. The minimum atomic E-state index is -4.60. The van der Waals surface area contributed by atoms with E-state index in [2.05, 4.69) is 5.32 Å². The Morgan fingerprint density at radius 3 is 2.67 bits per heavy atom. The van der Waals surface area contributed by atoms with E-state index < -0.39 is 42.2 Å². The van der Waals surface area contributed by atoms with Crippen LogP contribution in [0.2, 0.25) is 0 Å². The van der Waals surface area contributed by atoms with Crippen LogP contribution in [0.25, 0.3) is 0 Å². The predicted octanol–water partition coefficient (Wildman–Crippen LogP) is 2.83. The SMILES string of the molecule is CC(OC(=O)c1ccco1)C(=O)N1CC(=O)Nc2cc(C(F)(F)F)ccc21. The summed E-state index contributed by atoms with van der Waals surface area (Å²) in [6, 6.07) is 5.44. The maximum atomic E-state index is 12.9. The first-order chi connectivity index (χ1) is 12.7. The van der Waals surface area contributed by atoms with Gasteiger partial charge in [0.2, 0.25) is 11.7 Å². The summed E-state index contributed by atoms with van der Waals surface area (Å²) in [7, 11) is 0. The summed E-state index contributed by atoms with van der Waals surface area (Å²) in [5.74, 6) is -2.42. The number of nitrogens with zero attached hydrogens (tertiary/aromatic N) is 1. The molecular weight excluding hydrogens is 369 g/mol. The molecule has 1 unspecified atom stereocenters. The molecule has 0 spiro atoms. The van der Waals surface area contributed by atoms with Crippen molar-refractivity contribution in [2.45, 2.75) is 19.2 Å². The van der Waals surface area contributed by atoms with Crippen LogP contribution in [-0.4, -0.2) is 30.4 Å². The van der Waals surface area contributed by atoms with Crippen LogP contribution in [0.15, 0.2) is 41.0 Å². The van der Waals surface area contributed by atoms with Crippen LogP contribution >= 0.6 is 0 Å². The normalized spacial score (nSPS) is 15.0. The van der Waals surface area contributed by atoms with Gasteiger partial charge in [0, 0.05) is 0 Å². The largest absolute Gasteiger partial charge is 0.457 e. The third-order valence-corrected chi connectivity index (χ3v) is 3.81. The lowest BCUT2D eigenvalue weighted by atomic mass is 10.1. The zero-order valence-corrected chi connectivity index (χ0v) is 13.9. The number of esters is 1. The number of carbonyl (C=O) groups excluding carboxylic acids is 3. The average Bonchev–Trinajstić information content (AvgIpc) is 3.13. The molecule has 0 saturated carbocycles. The molecule has 3 rings (SSSR count). The Labute approximate surface area is 150 Å². The van der Waals surface area contributed by atoms with Crippen molar-refractivity contribution in [3.63, 3.8) is 0 Å². The van der Waals surface area contributed by atoms with Gasteiger partial charge in [-0.15, -0.1) is 0 Å². The van der Waals surface area contributed by atoms with Gasteiger partial charge in [-0.2, -0.15) is 13.2 Å². The van der Waals surface area contributed by atoms with Gasteiger partial charge in [-0.1, -0.05) is 0 Å². The summed E-state index contributed by atoms with van der Waals surface area (Å²) in [5, 5.41) is 2.30. The van der Waals surface area contributed by atoms with E-state index >= 15 is 0 Å². The topological polar surface area (TPSA) is 88.8 Å². The molecule has 10 heteroatoms. The summed E-state index contributed by atoms with van der Waals surface area (Å²) in [6.07, 6.45) is -4.63. The van der Waals surface area contributed by atoms with Crippen LogP contribution in [0.3, 0.4) is 0 Å². The number of ether oxygens (including phenoxy) is 1. The molecule has 2 aromatic rings. The van der Waals surface area contributed by atoms with E-state index in [1.54, 1.807) is 0 Å². The molecule has 2 heterocycles. The number of amides is 2. The summed E-state index contributed by atoms with van der Waals surface area (Å²) in [5.41, 5.74) is -1.04. The first kappa shape index (κ1) is 18.5. The van der Waals surface area contributed by atoms with Crippen LogP contribution in [0.5, 0.6) is 0 Å². The molecule has 1 aromatic carbocycles. The van der Waals surface area contributed by atoms with Gasteiger partial charge in [0.05, 0.1) is 23.2 Å². The number of hydrogen-bond acceptors (Lipinski definition) is 5. The smallest absolute Gasteiger partial charge is 0.416 e. The highest BCUT2D eigenvalue weighted by Gasteiger charge is 2.35. The maximum absolute atomic E-state index is 12.9. The van der Waals surface area contributed by atoms with Crippen LogP contribution in [0.1, 0.15) is 23.0 Å². The highest BCUT2D eigenvalue weighted by atomic mass is 19.4. The van der Waals surface area contributed by atoms with Crippen molar-refractivity contribution in [2.24, 2.45) is 0 Å². The number of carbonyl (C=O) groups is 3. The highest BCUT2D eigenvalue weighted by Crippen LogP contribution is 2.37. The molecule has 0 fully saturated rings. The molecular formula is C17H13F3N2O5. The first-order valence-electron chi connectivity index (χ1n) is 7.74. The molecule has 1 aliphatic rings. The van der Waals surface area contributed by atoms with Gasteiger partial charge in [0.15, 0.2) is 6.10 Å². The maximum Gasteiger partial charge on any atom is 0.416 e. The lowest BCUT2D eigenvalue weighted by Crippen LogP contribution is -2.47. The molecule has 7 nitrogen and oxygen atoms in total. The summed E-state index contributed by atoms with van der Waals surface area (Å²) in [4.78, 5) is 37.3. The number of benzene rings is 1. The number of halogens is 3. The number of anilines is 2. The van der Waals surface area contributed by atoms with E-state index in [1.807, 2.05) is 0 Å². The van der Waals surface area contributed by atoms with Crippen molar-refractivity contribution in [3.8, 4) is 0 Å². The van der Waals surface area contributed by atoms with Crippen molar-refractivity contribution in [1.29, 1.82) is 0 Å². The van der Waals surface area contributed by atoms with Gasteiger partial charge in [-0.3, -0.25) is 14.5 Å². The standard InChI is InChI=1S/C17H13F3N2O5/c1-9(27-16(25)13-3-2-6-26-13)15(24)22-8-14(23)21-11-7-10(17(18,19)20)4-5-12(11)22/h2-7,9H,8H2,1H3,(H,21,23). The predicted molar refractivity (Wildman–Crippen MR) is 86.0 cm³/mol. The van der Waals surface area contributed by atoms with Crippen LogP contribution in [-0.2, 0) is 20.5 Å². The highest BCUT2D eigenvalue weighted by molar-refractivity contribution is 6.11. The molecule has 1 atom stereocenters. The van der Waals surface area contributed by atoms with Crippen LogP contribution in [0.4, 0.5) is 24.5 Å². The van der Waals surface area contributed by atoms with Crippen molar-refractivity contribution >= 4 is 29.2 Å². The summed E-state index contributed by atoms with van der Waals surface area (Å²) in [6.45, 7) is 0.874. The Bertz CT molecular complexity index is 892. The second-order valence-electron chi connectivity index (χ2n) is 5.73. The molecule has 0 saturated heterocycles. The molecule has 27 heavy (non-hydrogen) atoms. The van der Waals surface area contributed by atoms with Gasteiger partial charge in [-0.25, -0.2) is 4.79 Å². The van der Waals surface area contributed by atoms with Crippen molar-refractivity contribution in [1.82, 2.24) is 0 Å².